The first-order valence-corrected chi connectivity index (χ1v) is 6.75. The van der Waals surface area contributed by atoms with Crippen LogP contribution in [0.25, 0.3) is 0 Å². The van der Waals surface area contributed by atoms with Crippen LogP contribution in [0.2, 0.25) is 0 Å². The van der Waals surface area contributed by atoms with Crippen molar-refractivity contribution in [1.82, 2.24) is 5.32 Å². The van der Waals surface area contributed by atoms with Crippen LogP contribution in [0.4, 0.5) is 0 Å². The molecule has 1 unspecified atom stereocenters. The Hall–Kier alpha value is -0.900. The quantitative estimate of drug-likeness (QED) is 0.803. The van der Waals surface area contributed by atoms with Crippen molar-refractivity contribution >= 4 is 0 Å². The van der Waals surface area contributed by atoms with Crippen LogP contribution in [-0.4, -0.2) is 32.9 Å². The molecule has 0 spiro atoms. The third kappa shape index (κ3) is 3.80. The molecule has 0 aliphatic carbocycles. The van der Waals surface area contributed by atoms with Gasteiger partial charge in [-0.15, -0.1) is 0 Å². The van der Waals surface area contributed by atoms with Crippen molar-refractivity contribution in [3.63, 3.8) is 0 Å². The molecular weight excluding hydrogens is 226 g/mol. The van der Waals surface area contributed by atoms with Crippen molar-refractivity contribution < 1.29 is 9.47 Å². The maximum Gasteiger partial charge on any atom is 0.0717 e. The van der Waals surface area contributed by atoms with E-state index < -0.39 is 0 Å². The van der Waals surface area contributed by atoms with Crippen molar-refractivity contribution in [2.75, 3.05) is 32.9 Å². The van der Waals surface area contributed by atoms with Crippen molar-refractivity contribution in [1.29, 1.82) is 0 Å². The monoisotopic (exact) mass is 249 g/mol. The van der Waals surface area contributed by atoms with E-state index >= 15 is 0 Å². The molecule has 1 fully saturated rings. The Labute approximate surface area is 109 Å². The second-order valence-corrected chi connectivity index (χ2v) is 5.06. The van der Waals surface area contributed by atoms with Gasteiger partial charge in [-0.3, -0.25) is 0 Å². The summed E-state index contributed by atoms with van der Waals surface area (Å²) in [7, 11) is 0. The van der Waals surface area contributed by atoms with Gasteiger partial charge in [0.25, 0.3) is 0 Å². The lowest BCUT2D eigenvalue weighted by Gasteiger charge is -2.27. The Morgan fingerprint density at radius 3 is 2.83 bits per heavy atom. The van der Waals surface area contributed by atoms with Gasteiger partial charge in [0.2, 0.25) is 0 Å². The Morgan fingerprint density at radius 2 is 2.17 bits per heavy atom. The van der Waals surface area contributed by atoms with Gasteiger partial charge in [0.15, 0.2) is 0 Å². The van der Waals surface area contributed by atoms with Crippen molar-refractivity contribution in [3.05, 3.63) is 35.9 Å². The summed E-state index contributed by atoms with van der Waals surface area (Å²) in [5.74, 6) is 0. The van der Waals surface area contributed by atoms with E-state index in [9.17, 15) is 0 Å². The van der Waals surface area contributed by atoms with Gasteiger partial charge in [-0.25, -0.2) is 0 Å². The van der Waals surface area contributed by atoms with Crippen LogP contribution in [0, 0.1) is 5.41 Å². The third-order valence-corrected chi connectivity index (χ3v) is 3.45. The Bertz CT molecular complexity index is 334. The molecule has 1 saturated heterocycles. The topological polar surface area (TPSA) is 30.5 Å². The van der Waals surface area contributed by atoms with Gasteiger partial charge < -0.3 is 14.8 Å². The lowest BCUT2D eigenvalue weighted by atomic mass is 9.88. The number of hydrogen-bond acceptors (Lipinski definition) is 3. The van der Waals surface area contributed by atoms with Gasteiger partial charge >= 0.3 is 0 Å². The molecule has 1 aliphatic heterocycles. The molecule has 18 heavy (non-hydrogen) atoms. The molecule has 0 aromatic heterocycles. The molecule has 0 radical (unpaired) electrons. The highest BCUT2D eigenvalue weighted by molar-refractivity contribution is 5.13. The fourth-order valence-electron chi connectivity index (χ4n) is 2.30. The van der Waals surface area contributed by atoms with Crippen LogP contribution >= 0.6 is 0 Å². The molecular formula is C15H23NO2. The fraction of sp³-hybridized carbons (Fsp3) is 0.600. The second-order valence-electron chi connectivity index (χ2n) is 5.06. The minimum atomic E-state index is 0.171. The van der Waals surface area contributed by atoms with E-state index in [1.165, 1.54) is 5.56 Å². The summed E-state index contributed by atoms with van der Waals surface area (Å²) in [6.45, 7) is 7.26. The molecule has 1 aliphatic rings. The molecule has 2 rings (SSSR count). The van der Waals surface area contributed by atoms with Crippen molar-refractivity contribution in [3.8, 4) is 0 Å². The predicted octanol–water partition coefficient (Wildman–Crippen LogP) is 2.22. The zero-order valence-corrected chi connectivity index (χ0v) is 11.2. The second kappa shape index (κ2) is 6.88. The summed E-state index contributed by atoms with van der Waals surface area (Å²) in [5.41, 5.74) is 1.40. The molecule has 3 nitrogen and oxygen atoms in total. The lowest BCUT2D eigenvalue weighted by Crippen LogP contribution is -2.38. The van der Waals surface area contributed by atoms with Crippen LogP contribution in [0.5, 0.6) is 0 Å². The SMILES string of the molecule is CCNCC1(COCc2ccccc2)CCOC1. The molecule has 1 aromatic rings. The van der Waals surface area contributed by atoms with Gasteiger partial charge in [-0.2, -0.15) is 0 Å². The van der Waals surface area contributed by atoms with E-state index in [0.29, 0.717) is 6.61 Å². The number of hydrogen-bond donors (Lipinski definition) is 1. The van der Waals surface area contributed by atoms with E-state index in [4.69, 9.17) is 9.47 Å². The van der Waals surface area contributed by atoms with Crippen molar-refractivity contribution in [2.45, 2.75) is 20.0 Å². The highest BCUT2D eigenvalue weighted by Crippen LogP contribution is 2.28. The zero-order valence-electron chi connectivity index (χ0n) is 11.2. The molecule has 1 atom stereocenters. The minimum absolute atomic E-state index is 0.171. The first kappa shape index (κ1) is 13.5. The lowest BCUT2D eigenvalue weighted by molar-refractivity contribution is 0.0254. The summed E-state index contributed by atoms with van der Waals surface area (Å²) < 4.78 is 11.4. The molecule has 1 heterocycles. The van der Waals surface area contributed by atoms with Crippen LogP contribution in [0.1, 0.15) is 18.9 Å². The number of benzene rings is 1. The molecule has 0 bridgehead atoms. The normalized spacial score (nSPS) is 23.4. The summed E-state index contributed by atoms with van der Waals surface area (Å²) in [6.07, 6.45) is 1.09. The highest BCUT2D eigenvalue weighted by atomic mass is 16.5. The van der Waals surface area contributed by atoms with E-state index in [1.807, 2.05) is 18.2 Å². The van der Waals surface area contributed by atoms with Crippen LogP contribution < -0.4 is 5.32 Å². The molecule has 100 valence electrons. The summed E-state index contributed by atoms with van der Waals surface area (Å²) in [6, 6.07) is 10.3. The molecule has 1 aromatic carbocycles. The highest BCUT2D eigenvalue weighted by Gasteiger charge is 2.34. The first-order valence-electron chi connectivity index (χ1n) is 6.75. The van der Waals surface area contributed by atoms with Gasteiger partial charge in [0, 0.05) is 18.6 Å². The Morgan fingerprint density at radius 1 is 1.33 bits per heavy atom. The van der Waals surface area contributed by atoms with Gasteiger partial charge in [0.05, 0.1) is 19.8 Å². The van der Waals surface area contributed by atoms with E-state index in [0.717, 1.165) is 39.3 Å². The maximum absolute atomic E-state index is 5.88. The van der Waals surface area contributed by atoms with Crippen molar-refractivity contribution in [2.24, 2.45) is 5.41 Å². The van der Waals surface area contributed by atoms with Gasteiger partial charge in [-0.1, -0.05) is 37.3 Å². The first-order chi connectivity index (χ1) is 8.85. The Kier molecular flexibility index (Phi) is 5.17. The minimum Gasteiger partial charge on any atom is -0.381 e. The molecule has 3 heteroatoms. The van der Waals surface area contributed by atoms with Crippen LogP contribution in [0.3, 0.4) is 0 Å². The van der Waals surface area contributed by atoms with E-state index in [2.05, 4.69) is 24.4 Å². The number of rotatable bonds is 7. The standard InChI is InChI=1S/C15H23NO2/c1-2-16-11-15(8-9-17-12-15)13-18-10-14-6-4-3-5-7-14/h3-7,16H,2,8-13H2,1H3. The fourth-order valence-corrected chi connectivity index (χ4v) is 2.30. The zero-order chi connectivity index (χ0) is 12.7. The molecule has 0 amide bonds. The Balaban J connectivity index is 1.79. The number of ether oxygens (including phenoxy) is 2. The third-order valence-electron chi connectivity index (χ3n) is 3.45. The van der Waals surface area contributed by atoms with Gasteiger partial charge in [-0.05, 0) is 18.5 Å². The number of nitrogens with one attached hydrogen (secondary N) is 1. The predicted molar refractivity (Wildman–Crippen MR) is 72.5 cm³/mol. The average molecular weight is 249 g/mol. The maximum atomic E-state index is 5.88. The van der Waals surface area contributed by atoms with Crippen LogP contribution in [-0.2, 0) is 16.1 Å². The smallest absolute Gasteiger partial charge is 0.0717 e. The molecule has 1 N–H and O–H groups in total. The van der Waals surface area contributed by atoms with Gasteiger partial charge in [0.1, 0.15) is 0 Å². The average Bonchev–Trinajstić information content (AvgIpc) is 2.87. The summed E-state index contributed by atoms with van der Waals surface area (Å²) in [4.78, 5) is 0. The largest absolute Gasteiger partial charge is 0.381 e. The summed E-state index contributed by atoms with van der Waals surface area (Å²) >= 11 is 0. The summed E-state index contributed by atoms with van der Waals surface area (Å²) in [5, 5.41) is 3.42. The molecule has 0 saturated carbocycles. The van der Waals surface area contributed by atoms with Crippen LogP contribution in [0.15, 0.2) is 30.3 Å². The van der Waals surface area contributed by atoms with E-state index in [1.54, 1.807) is 0 Å². The van der Waals surface area contributed by atoms with E-state index in [-0.39, 0.29) is 5.41 Å².